The molecule has 0 atom stereocenters. The number of halogens is 2. The fraction of sp³-hybridized carbons (Fsp3) is 0.273. The van der Waals surface area contributed by atoms with E-state index in [-0.39, 0.29) is 17.9 Å². The number of alkyl halides is 2. The number of carbonyl (C=O) groups is 1. The molecule has 0 saturated carbocycles. The summed E-state index contributed by atoms with van der Waals surface area (Å²) in [5.74, 6) is 0.342. The third kappa shape index (κ3) is 4.94. The molecule has 2 aromatic carbocycles. The van der Waals surface area contributed by atoms with E-state index in [2.05, 4.69) is 34.1 Å². The van der Waals surface area contributed by atoms with Crippen LogP contribution in [0.15, 0.2) is 48.5 Å². The van der Waals surface area contributed by atoms with E-state index in [4.69, 9.17) is 4.74 Å². The van der Waals surface area contributed by atoms with Crippen molar-refractivity contribution in [2.45, 2.75) is 32.9 Å². The van der Waals surface area contributed by atoms with Gasteiger partial charge in [0, 0.05) is 5.56 Å². The lowest BCUT2D eigenvalue weighted by atomic mass is 9.99. The molecule has 158 valence electrons. The number of aromatic amines is 1. The van der Waals surface area contributed by atoms with Crippen LogP contribution < -0.4 is 14.8 Å². The first kappa shape index (κ1) is 21.3. The molecule has 0 aliphatic heterocycles. The van der Waals surface area contributed by atoms with Gasteiger partial charge in [-0.25, -0.2) is 0 Å². The average molecular weight is 415 g/mol. The van der Waals surface area contributed by atoms with Gasteiger partial charge in [0.1, 0.15) is 11.5 Å². The van der Waals surface area contributed by atoms with Gasteiger partial charge in [-0.2, -0.15) is 13.9 Å². The highest BCUT2D eigenvalue weighted by Crippen LogP contribution is 2.32. The van der Waals surface area contributed by atoms with Crippen LogP contribution in [0.2, 0.25) is 0 Å². The molecule has 1 amide bonds. The van der Waals surface area contributed by atoms with E-state index in [1.807, 2.05) is 24.3 Å². The van der Waals surface area contributed by atoms with Crippen LogP contribution in [0, 0.1) is 0 Å². The van der Waals surface area contributed by atoms with Crippen molar-refractivity contribution in [1.29, 1.82) is 0 Å². The van der Waals surface area contributed by atoms with Gasteiger partial charge in [-0.3, -0.25) is 9.89 Å². The van der Waals surface area contributed by atoms with Crippen molar-refractivity contribution in [2.75, 3.05) is 7.11 Å². The van der Waals surface area contributed by atoms with E-state index < -0.39 is 12.5 Å². The number of H-pyrrole nitrogens is 1. The standard InChI is InChI=1S/C22H23F2N3O3/c1-13(2)14-8-9-19(29-3)17(10-14)18-11-15(26-27-18)12-25-21(28)16-6-4-5-7-20(16)30-22(23)24/h4-11,13,22H,12H2,1-3H3,(H,25,28)(H,26,27). The number of para-hydroxylation sites is 1. The Morgan fingerprint density at radius 1 is 1.13 bits per heavy atom. The first-order valence-corrected chi connectivity index (χ1v) is 9.43. The summed E-state index contributed by atoms with van der Waals surface area (Å²) in [6.07, 6.45) is 0. The van der Waals surface area contributed by atoms with Gasteiger partial charge in [0.15, 0.2) is 0 Å². The van der Waals surface area contributed by atoms with E-state index in [1.165, 1.54) is 18.2 Å². The number of rotatable bonds is 8. The smallest absolute Gasteiger partial charge is 0.387 e. The zero-order chi connectivity index (χ0) is 21.7. The molecule has 3 aromatic rings. The minimum absolute atomic E-state index is 0.0313. The average Bonchev–Trinajstić information content (AvgIpc) is 3.20. The summed E-state index contributed by atoms with van der Waals surface area (Å²) < 4.78 is 34.9. The van der Waals surface area contributed by atoms with Gasteiger partial charge in [-0.15, -0.1) is 0 Å². The third-order valence-electron chi connectivity index (χ3n) is 4.58. The highest BCUT2D eigenvalue weighted by atomic mass is 19.3. The number of hydrogen-bond acceptors (Lipinski definition) is 4. The van der Waals surface area contributed by atoms with Crippen LogP contribution in [0.4, 0.5) is 8.78 Å². The van der Waals surface area contributed by atoms with Crippen molar-refractivity contribution < 1.29 is 23.0 Å². The maximum Gasteiger partial charge on any atom is 0.387 e. The van der Waals surface area contributed by atoms with Gasteiger partial charge in [0.2, 0.25) is 0 Å². The first-order valence-electron chi connectivity index (χ1n) is 9.43. The molecule has 0 spiro atoms. The molecule has 30 heavy (non-hydrogen) atoms. The van der Waals surface area contributed by atoms with Crippen molar-refractivity contribution >= 4 is 5.91 Å². The number of hydrogen-bond donors (Lipinski definition) is 2. The topological polar surface area (TPSA) is 76.2 Å². The number of carbonyl (C=O) groups excluding carboxylic acids is 1. The van der Waals surface area contributed by atoms with Crippen LogP contribution in [-0.2, 0) is 6.54 Å². The number of nitrogens with zero attached hydrogens (tertiary/aromatic N) is 1. The van der Waals surface area contributed by atoms with Crippen molar-refractivity contribution in [2.24, 2.45) is 0 Å². The Hall–Kier alpha value is -3.42. The minimum atomic E-state index is -3.01. The first-order chi connectivity index (χ1) is 14.4. The zero-order valence-corrected chi connectivity index (χ0v) is 16.9. The molecule has 8 heteroatoms. The SMILES string of the molecule is COc1ccc(C(C)C)cc1-c1cc(CNC(=O)c2ccccc2OC(F)F)[nH]n1. The monoisotopic (exact) mass is 415 g/mol. The summed E-state index contributed by atoms with van der Waals surface area (Å²) in [5.41, 5.74) is 3.36. The number of methoxy groups -OCH3 is 1. The number of nitrogens with one attached hydrogen (secondary N) is 2. The number of ether oxygens (including phenoxy) is 2. The Bertz CT molecular complexity index is 1020. The summed E-state index contributed by atoms with van der Waals surface area (Å²) in [6.45, 7) is 1.34. The Labute approximate surface area is 173 Å². The number of aromatic nitrogens is 2. The molecule has 0 bridgehead atoms. The molecule has 6 nitrogen and oxygen atoms in total. The molecular weight excluding hydrogens is 392 g/mol. The van der Waals surface area contributed by atoms with Crippen LogP contribution in [0.5, 0.6) is 11.5 Å². The Morgan fingerprint density at radius 3 is 2.60 bits per heavy atom. The molecule has 0 unspecified atom stereocenters. The molecular formula is C22H23F2N3O3. The fourth-order valence-corrected chi connectivity index (χ4v) is 3.00. The van der Waals surface area contributed by atoms with Gasteiger partial charge in [0.25, 0.3) is 5.91 Å². The Kier molecular flexibility index (Phi) is 6.66. The van der Waals surface area contributed by atoms with E-state index in [1.54, 1.807) is 13.2 Å². The molecule has 0 aliphatic rings. The molecule has 3 rings (SSSR count). The molecule has 0 saturated heterocycles. The summed E-state index contributed by atoms with van der Waals surface area (Å²) in [4.78, 5) is 12.4. The third-order valence-corrected chi connectivity index (χ3v) is 4.58. The van der Waals surface area contributed by atoms with Crippen LogP contribution >= 0.6 is 0 Å². The van der Waals surface area contributed by atoms with E-state index in [9.17, 15) is 13.6 Å². The minimum Gasteiger partial charge on any atom is -0.496 e. The number of amides is 1. The van der Waals surface area contributed by atoms with Crippen LogP contribution in [-0.4, -0.2) is 29.8 Å². The lowest BCUT2D eigenvalue weighted by Gasteiger charge is -2.11. The lowest BCUT2D eigenvalue weighted by Crippen LogP contribution is -2.24. The van der Waals surface area contributed by atoms with E-state index in [0.717, 1.165) is 11.1 Å². The summed E-state index contributed by atoms with van der Waals surface area (Å²) in [7, 11) is 1.60. The lowest BCUT2D eigenvalue weighted by molar-refractivity contribution is -0.0501. The second-order valence-corrected chi connectivity index (χ2v) is 6.95. The Balaban J connectivity index is 1.74. The Morgan fingerprint density at radius 2 is 1.90 bits per heavy atom. The predicted octanol–water partition coefficient (Wildman–Crippen LogP) is 4.74. The van der Waals surface area contributed by atoms with E-state index >= 15 is 0 Å². The predicted molar refractivity (Wildman–Crippen MR) is 109 cm³/mol. The molecule has 1 aromatic heterocycles. The van der Waals surface area contributed by atoms with Crippen molar-refractivity contribution in [3.05, 3.63) is 65.4 Å². The van der Waals surface area contributed by atoms with E-state index in [0.29, 0.717) is 23.1 Å². The molecule has 0 radical (unpaired) electrons. The molecule has 0 aliphatic carbocycles. The molecule has 0 fully saturated rings. The highest BCUT2D eigenvalue weighted by Gasteiger charge is 2.16. The van der Waals surface area contributed by atoms with Crippen LogP contribution in [0.3, 0.4) is 0 Å². The maximum atomic E-state index is 12.5. The van der Waals surface area contributed by atoms with Crippen LogP contribution in [0.25, 0.3) is 11.3 Å². The van der Waals surface area contributed by atoms with Crippen molar-refractivity contribution in [3.63, 3.8) is 0 Å². The van der Waals surface area contributed by atoms with Crippen LogP contribution in [0.1, 0.15) is 41.4 Å². The second kappa shape index (κ2) is 9.39. The van der Waals surface area contributed by atoms with Crippen molar-refractivity contribution in [1.82, 2.24) is 15.5 Å². The highest BCUT2D eigenvalue weighted by molar-refractivity contribution is 5.96. The van der Waals surface area contributed by atoms with Gasteiger partial charge < -0.3 is 14.8 Å². The second-order valence-electron chi connectivity index (χ2n) is 6.95. The quantitative estimate of drug-likeness (QED) is 0.557. The fourth-order valence-electron chi connectivity index (χ4n) is 3.00. The maximum absolute atomic E-state index is 12.5. The summed E-state index contributed by atoms with van der Waals surface area (Å²) >= 11 is 0. The molecule has 2 N–H and O–H groups in total. The van der Waals surface area contributed by atoms with Gasteiger partial charge >= 0.3 is 6.61 Å². The van der Waals surface area contributed by atoms with Gasteiger partial charge in [0.05, 0.1) is 30.6 Å². The van der Waals surface area contributed by atoms with Gasteiger partial charge in [-0.1, -0.05) is 32.0 Å². The molecule has 1 heterocycles. The number of benzene rings is 2. The van der Waals surface area contributed by atoms with Crippen molar-refractivity contribution in [3.8, 4) is 22.8 Å². The zero-order valence-electron chi connectivity index (χ0n) is 16.9. The van der Waals surface area contributed by atoms with Gasteiger partial charge in [-0.05, 0) is 41.8 Å². The normalized spacial score (nSPS) is 11.0. The summed E-state index contributed by atoms with van der Waals surface area (Å²) in [6, 6.07) is 13.6. The summed E-state index contributed by atoms with van der Waals surface area (Å²) in [5, 5.41) is 9.89. The largest absolute Gasteiger partial charge is 0.496 e.